The lowest BCUT2D eigenvalue weighted by Crippen LogP contribution is -2.29. The minimum atomic E-state index is 0.227. The van der Waals surface area contributed by atoms with E-state index in [1.54, 1.807) is 0 Å². The third kappa shape index (κ3) is 23.9. The highest BCUT2D eigenvalue weighted by Crippen LogP contribution is 2.15. The second-order valence-electron chi connectivity index (χ2n) is 8.86. The lowest BCUT2D eigenvalue weighted by atomic mass is 10.0. The Hall–Kier alpha value is -0.0800. The van der Waals surface area contributed by atoms with Crippen LogP contribution in [-0.2, 0) is 0 Å². The Balaban J connectivity index is 2.99. The molecule has 0 aromatic carbocycles. The Morgan fingerprint density at radius 1 is 0.444 bits per heavy atom. The van der Waals surface area contributed by atoms with E-state index in [9.17, 15) is 0 Å². The first kappa shape index (κ1) is 26.9. The third-order valence-electron chi connectivity index (χ3n) is 5.98. The molecule has 164 valence electrons. The van der Waals surface area contributed by atoms with Gasteiger partial charge in [0.15, 0.2) is 0 Å². The maximum Gasteiger partial charge on any atom is 0.0163 e. The lowest BCUT2D eigenvalue weighted by molar-refractivity contribution is 0.512. The van der Waals surface area contributed by atoms with Crippen molar-refractivity contribution in [2.75, 3.05) is 6.54 Å². The van der Waals surface area contributed by atoms with Crippen molar-refractivity contribution in [2.24, 2.45) is 11.5 Å². The zero-order chi connectivity index (χ0) is 19.8. The van der Waals surface area contributed by atoms with Crippen molar-refractivity contribution in [1.82, 2.24) is 0 Å². The van der Waals surface area contributed by atoms with Gasteiger partial charge in [-0.2, -0.15) is 0 Å². The van der Waals surface area contributed by atoms with E-state index in [4.69, 9.17) is 11.5 Å². The Morgan fingerprint density at radius 3 is 0.963 bits per heavy atom. The van der Waals surface area contributed by atoms with E-state index in [2.05, 4.69) is 6.92 Å². The number of hydrogen-bond donors (Lipinski definition) is 2. The molecule has 0 aliphatic carbocycles. The average Bonchev–Trinajstić information content (AvgIpc) is 2.68. The van der Waals surface area contributed by atoms with Gasteiger partial charge in [-0.1, -0.05) is 142 Å². The zero-order valence-corrected chi connectivity index (χ0v) is 19.0. The van der Waals surface area contributed by atoms with Crippen LogP contribution in [0.4, 0.5) is 0 Å². The van der Waals surface area contributed by atoms with Crippen LogP contribution >= 0.6 is 0 Å². The molecule has 2 heteroatoms. The normalized spacial score (nSPS) is 12.6. The fourth-order valence-corrected chi connectivity index (χ4v) is 3.96. The minimum absolute atomic E-state index is 0.227. The summed E-state index contributed by atoms with van der Waals surface area (Å²) in [7, 11) is 0. The second kappa shape index (κ2) is 24.0. The molecule has 0 saturated heterocycles. The molecule has 0 aliphatic rings. The summed E-state index contributed by atoms with van der Waals surface area (Å²) >= 11 is 0. The summed E-state index contributed by atoms with van der Waals surface area (Å²) < 4.78 is 0. The van der Waals surface area contributed by atoms with Gasteiger partial charge in [-0.25, -0.2) is 0 Å². The highest BCUT2D eigenvalue weighted by molar-refractivity contribution is 4.61. The van der Waals surface area contributed by atoms with Gasteiger partial charge in [0.2, 0.25) is 0 Å². The molecule has 1 atom stereocenters. The molecule has 0 heterocycles. The summed E-state index contributed by atoms with van der Waals surface area (Å²) in [5, 5.41) is 0. The zero-order valence-electron chi connectivity index (χ0n) is 19.0. The van der Waals surface area contributed by atoms with Crippen LogP contribution in [0.25, 0.3) is 0 Å². The molecule has 0 bridgehead atoms. The first-order valence-corrected chi connectivity index (χ1v) is 12.8. The first-order chi connectivity index (χ1) is 13.3. The molecule has 0 amide bonds. The Bertz CT molecular complexity index is 255. The molecule has 0 aromatic rings. The predicted octanol–water partition coefficient (Wildman–Crippen LogP) is 7.87. The van der Waals surface area contributed by atoms with Gasteiger partial charge in [-0.15, -0.1) is 0 Å². The quantitative estimate of drug-likeness (QED) is 0.177. The molecule has 0 aromatic heterocycles. The van der Waals surface area contributed by atoms with Crippen LogP contribution in [0.5, 0.6) is 0 Å². The van der Waals surface area contributed by atoms with Crippen molar-refractivity contribution >= 4 is 0 Å². The molecule has 4 N–H and O–H groups in total. The van der Waals surface area contributed by atoms with Crippen LogP contribution in [0.2, 0.25) is 0 Å². The van der Waals surface area contributed by atoms with Gasteiger partial charge in [0.25, 0.3) is 0 Å². The largest absolute Gasteiger partial charge is 0.329 e. The Labute approximate surface area is 172 Å². The van der Waals surface area contributed by atoms with E-state index < -0.39 is 0 Å². The maximum absolute atomic E-state index is 5.83. The standard InChI is InChI=1S/C25H54N2/c1-2-3-4-5-6-7-8-9-10-11-12-13-14-15-16-17-18-19-20-21-22-23-25(27)24-26/h25H,2-24,26-27H2,1H3. The van der Waals surface area contributed by atoms with Crippen molar-refractivity contribution in [1.29, 1.82) is 0 Å². The molecule has 0 radical (unpaired) electrons. The van der Waals surface area contributed by atoms with Gasteiger partial charge in [0.1, 0.15) is 0 Å². The monoisotopic (exact) mass is 382 g/mol. The second-order valence-corrected chi connectivity index (χ2v) is 8.86. The van der Waals surface area contributed by atoms with Gasteiger partial charge in [-0.05, 0) is 6.42 Å². The minimum Gasteiger partial charge on any atom is -0.329 e. The van der Waals surface area contributed by atoms with Crippen LogP contribution < -0.4 is 11.5 Å². The fraction of sp³-hybridized carbons (Fsp3) is 1.00. The van der Waals surface area contributed by atoms with E-state index in [1.165, 1.54) is 135 Å². The van der Waals surface area contributed by atoms with Crippen molar-refractivity contribution < 1.29 is 0 Å². The highest BCUT2D eigenvalue weighted by Gasteiger charge is 1.99. The van der Waals surface area contributed by atoms with Crippen molar-refractivity contribution in [3.63, 3.8) is 0 Å². The van der Waals surface area contributed by atoms with Crippen molar-refractivity contribution in [2.45, 2.75) is 154 Å². The molecule has 0 saturated carbocycles. The summed E-state index contributed by atoms with van der Waals surface area (Å²) in [4.78, 5) is 0. The van der Waals surface area contributed by atoms with Gasteiger partial charge in [0.05, 0.1) is 0 Å². The van der Waals surface area contributed by atoms with Gasteiger partial charge in [0, 0.05) is 12.6 Å². The third-order valence-corrected chi connectivity index (χ3v) is 5.98. The first-order valence-electron chi connectivity index (χ1n) is 12.8. The highest BCUT2D eigenvalue weighted by atomic mass is 14.7. The predicted molar refractivity (Wildman–Crippen MR) is 124 cm³/mol. The number of rotatable bonds is 23. The number of nitrogens with two attached hydrogens (primary N) is 2. The van der Waals surface area contributed by atoms with E-state index >= 15 is 0 Å². The molecule has 2 nitrogen and oxygen atoms in total. The fourth-order valence-electron chi connectivity index (χ4n) is 3.96. The average molecular weight is 383 g/mol. The van der Waals surface area contributed by atoms with E-state index in [-0.39, 0.29) is 6.04 Å². The molecule has 0 aliphatic heterocycles. The summed E-state index contributed by atoms with van der Waals surface area (Å²) in [6.07, 6.45) is 31.3. The molecule has 0 spiro atoms. The number of unbranched alkanes of at least 4 members (excludes halogenated alkanes) is 20. The molecular formula is C25H54N2. The SMILES string of the molecule is CCCCCCCCCCCCCCCCCCCCCCCC(N)CN. The summed E-state index contributed by atoms with van der Waals surface area (Å²) in [5.41, 5.74) is 11.4. The number of hydrogen-bond acceptors (Lipinski definition) is 2. The van der Waals surface area contributed by atoms with E-state index in [0.717, 1.165) is 6.42 Å². The molecule has 27 heavy (non-hydrogen) atoms. The smallest absolute Gasteiger partial charge is 0.0163 e. The van der Waals surface area contributed by atoms with Crippen LogP contribution in [0.3, 0.4) is 0 Å². The van der Waals surface area contributed by atoms with Crippen LogP contribution in [-0.4, -0.2) is 12.6 Å². The Kier molecular flexibility index (Phi) is 23.9. The topological polar surface area (TPSA) is 52.0 Å². The molecule has 0 fully saturated rings. The van der Waals surface area contributed by atoms with E-state index in [1.807, 2.05) is 0 Å². The van der Waals surface area contributed by atoms with Crippen molar-refractivity contribution in [3.05, 3.63) is 0 Å². The van der Waals surface area contributed by atoms with Gasteiger partial charge >= 0.3 is 0 Å². The van der Waals surface area contributed by atoms with Crippen molar-refractivity contribution in [3.8, 4) is 0 Å². The van der Waals surface area contributed by atoms with Crippen LogP contribution in [0.15, 0.2) is 0 Å². The summed E-state index contributed by atoms with van der Waals surface area (Å²) in [5.74, 6) is 0. The summed E-state index contributed by atoms with van der Waals surface area (Å²) in [6, 6.07) is 0.227. The lowest BCUT2D eigenvalue weighted by Gasteiger charge is -2.07. The molecule has 1 unspecified atom stereocenters. The Morgan fingerprint density at radius 2 is 0.704 bits per heavy atom. The summed E-state index contributed by atoms with van der Waals surface area (Å²) in [6.45, 7) is 2.94. The maximum atomic E-state index is 5.83. The van der Waals surface area contributed by atoms with Crippen LogP contribution in [0.1, 0.15) is 148 Å². The molecule has 0 rings (SSSR count). The molecular weight excluding hydrogens is 328 g/mol. The van der Waals surface area contributed by atoms with Gasteiger partial charge in [-0.3, -0.25) is 0 Å². The van der Waals surface area contributed by atoms with Crippen LogP contribution in [0, 0.1) is 0 Å². The van der Waals surface area contributed by atoms with E-state index in [0.29, 0.717) is 6.54 Å². The van der Waals surface area contributed by atoms with Gasteiger partial charge < -0.3 is 11.5 Å².